The van der Waals surface area contributed by atoms with Crippen molar-refractivity contribution in [1.29, 1.82) is 0 Å². The van der Waals surface area contributed by atoms with Crippen LogP contribution < -0.4 is 5.73 Å². The van der Waals surface area contributed by atoms with Gasteiger partial charge in [-0.2, -0.15) is 0 Å². The van der Waals surface area contributed by atoms with Gasteiger partial charge in [0.25, 0.3) is 0 Å². The van der Waals surface area contributed by atoms with Gasteiger partial charge < -0.3 is 10.3 Å². The number of nitrogens with zero attached hydrogens (tertiary/aromatic N) is 2. The van der Waals surface area contributed by atoms with E-state index >= 15 is 0 Å². The molecule has 6 heteroatoms. The zero-order valence-electron chi connectivity index (χ0n) is 11.1. The lowest BCUT2D eigenvalue weighted by molar-refractivity contribution is 0.589. The maximum absolute atomic E-state index is 13.8. The Balaban J connectivity index is 2.22. The van der Waals surface area contributed by atoms with Crippen LogP contribution in [0.3, 0.4) is 0 Å². The second kappa shape index (κ2) is 5.00. The maximum atomic E-state index is 13.8. The Bertz CT molecular complexity index is 829. The van der Waals surface area contributed by atoms with Gasteiger partial charge in [0, 0.05) is 17.2 Å². The minimum atomic E-state index is -0.728. The smallest absolute Gasteiger partial charge is 0.201 e. The number of fused-ring (bicyclic) bond motifs is 1. The molecule has 0 aliphatic rings. The number of hydrogen-bond acceptors (Lipinski definition) is 2. The van der Waals surface area contributed by atoms with Crippen molar-refractivity contribution in [3.63, 3.8) is 0 Å². The van der Waals surface area contributed by atoms with E-state index in [1.54, 1.807) is 16.7 Å². The molecular formula is C15H12ClF2N3. The summed E-state index contributed by atoms with van der Waals surface area (Å²) in [5.74, 6) is -1.27. The van der Waals surface area contributed by atoms with Crippen molar-refractivity contribution in [2.45, 2.75) is 13.0 Å². The normalized spacial score (nSPS) is 12.8. The minimum absolute atomic E-state index is 0.0581. The summed E-state index contributed by atoms with van der Waals surface area (Å²) in [6.45, 7) is 1.87. The number of halogens is 3. The van der Waals surface area contributed by atoms with Crippen LogP contribution >= 0.6 is 11.6 Å². The molecule has 1 aromatic heterocycles. The van der Waals surface area contributed by atoms with E-state index in [1.807, 2.05) is 19.1 Å². The van der Waals surface area contributed by atoms with Crippen molar-refractivity contribution in [3.05, 3.63) is 58.6 Å². The number of anilines is 1. The lowest BCUT2D eigenvalue weighted by Gasteiger charge is -2.16. The van der Waals surface area contributed by atoms with Crippen molar-refractivity contribution >= 4 is 28.6 Å². The largest absolute Gasteiger partial charge is 0.369 e. The topological polar surface area (TPSA) is 43.8 Å². The summed E-state index contributed by atoms with van der Waals surface area (Å²) in [4.78, 5) is 3.99. The van der Waals surface area contributed by atoms with E-state index in [1.165, 1.54) is 6.07 Å². The van der Waals surface area contributed by atoms with Gasteiger partial charge in [-0.3, -0.25) is 0 Å². The van der Waals surface area contributed by atoms with Crippen molar-refractivity contribution < 1.29 is 8.78 Å². The Morgan fingerprint density at radius 3 is 2.71 bits per heavy atom. The molecule has 1 heterocycles. The fourth-order valence-electron chi connectivity index (χ4n) is 2.46. The molecule has 1 unspecified atom stereocenters. The van der Waals surface area contributed by atoms with Crippen LogP contribution in [0.25, 0.3) is 11.0 Å². The third-order valence-corrected chi connectivity index (χ3v) is 3.69. The molecule has 1 atom stereocenters. The number of rotatable bonds is 2. The van der Waals surface area contributed by atoms with Gasteiger partial charge in [-0.25, -0.2) is 13.8 Å². The molecule has 0 aliphatic heterocycles. The van der Waals surface area contributed by atoms with E-state index in [0.29, 0.717) is 10.5 Å². The van der Waals surface area contributed by atoms with Gasteiger partial charge in [0.15, 0.2) is 5.82 Å². The SMILES string of the molecule is CC(c1cccc(Cl)c1)n1c(N)nc2c(F)cc(F)cc21. The lowest BCUT2D eigenvalue weighted by Crippen LogP contribution is -2.10. The Morgan fingerprint density at radius 2 is 2.00 bits per heavy atom. The Labute approximate surface area is 125 Å². The Hall–Kier alpha value is -2.14. The highest BCUT2D eigenvalue weighted by Gasteiger charge is 2.19. The first-order valence-electron chi connectivity index (χ1n) is 6.35. The fraction of sp³-hybridized carbons (Fsp3) is 0.133. The van der Waals surface area contributed by atoms with Crippen LogP contribution in [0.1, 0.15) is 18.5 Å². The van der Waals surface area contributed by atoms with Gasteiger partial charge in [-0.1, -0.05) is 23.7 Å². The summed E-state index contributed by atoms with van der Waals surface area (Å²) in [5, 5.41) is 0.583. The summed E-state index contributed by atoms with van der Waals surface area (Å²) in [7, 11) is 0. The number of nitrogens with two attached hydrogens (primary N) is 1. The predicted molar refractivity (Wildman–Crippen MR) is 79.3 cm³/mol. The molecule has 0 fully saturated rings. The summed E-state index contributed by atoms with van der Waals surface area (Å²) in [6, 6.07) is 8.99. The molecule has 0 saturated carbocycles. The number of nitrogen functional groups attached to an aromatic ring is 1. The third kappa shape index (κ3) is 2.34. The number of benzene rings is 2. The summed E-state index contributed by atoms with van der Waals surface area (Å²) in [6.07, 6.45) is 0. The van der Waals surface area contributed by atoms with E-state index < -0.39 is 11.6 Å². The first-order chi connectivity index (χ1) is 9.97. The highest BCUT2D eigenvalue weighted by molar-refractivity contribution is 6.30. The van der Waals surface area contributed by atoms with E-state index in [2.05, 4.69) is 4.98 Å². The average Bonchev–Trinajstić information content (AvgIpc) is 2.74. The standard InChI is InChI=1S/C15H12ClF2N3/c1-8(9-3-2-4-10(16)5-9)21-13-7-11(17)6-12(18)14(13)20-15(21)19/h2-8H,1H3,(H2,19,20). The van der Waals surface area contributed by atoms with Gasteiger partial charge in [-0.05, 0) is 24.6 Å². The molecule has 2 N–H and O–H groups in total. The molecule has 0 amide bonds. The number of imidazole rings is 1. The highest BCUT2D eigenvalue weighted by Crippen LogP contribution is 2.30. The predicted octanol–water partition coefficient (Wildman–Crippen LogP) is 4.16. The van der Waals surface area contributed by atoms with E-state index in [4.69, 9.17) is 17.3 Å². The Kier molecular flexibility index (Phi) is 3.29. The van der Waals surface area contributed by atoms with Crippen molar-refractivity contribution in [2.24, 2.45) is 0 Å². The van der Waals surface area contributed by atoms with Crippen LogP contribution in [0.5, 0.6) is 0 Å². The first kappa shape index (κ1) is 13.8. The van der Waals surface area contributed by atoms with E-state index in [0.717, 1.165) is 11.6 Å². The molecule has 21 heavy (non-hydrogen) atoms. The van der Waals surface area contributed by atoms with Crippen LogP contribution in [0.4, 0.5) is 14.7 Å². The lowest BCUT2D eigenvalue weighted by atomic mass is 10.1. The van der Waals surface area contributed by atoms with Crippen molar-refractivity contribution in [1.82, 2.24) is 9.55 Å². The molecule has 3 nitrogen and oxygen atoms in total. The molecule has 108 valence electrons. The summed E-state index contributed by atoms with van der Waals surface area (Å²) < 4.78 is 28.8. The van der Waals surface area contributed by atoms with Crippen molar-refractivity contribution in [2.75, 3.05) is 5.73 Å². The molecule has 2 aromatic carbocycles. The van der Waals surface area contributed by atoms with Crippen LogP contribution in [0.2, 0.25) is 5.02 Å². The molecule has 0 saturated heterocycles. The summed E-state index contributed by atoms with van der Waals surface area (Å²) in [5.41, 5.74) is 7.13. The quantitative estimate of drug-likeness (QED) is 0.772. The van der Waals surface area contributed by atoms with Crippen LogP contribution in [0.15, 0.2) is 36.4 Å². The van der Waals surface area contributed by atoms with E-state index in [9.17, 15) is 8.78 Å². The average molecular weight is 308 g/mol. The molecule has 0 aliphatic carbocycles. The molecule has 0 bridgehead atoms. The monoisotopic (exact) mass is 307 g/mol. The van der Waals surface area contributed by atoms with Crippen LogP contribution in [-0.2, 0) is 0 Å². The van der Waals surface area contributed by atoms with Gasteiger partial charge in [0.1, 0.15) is 11.3 Å². The molecular weight excluding hydrogens is 296 g/mol. The second-order valence-electron chi connectivity index (χ2n) is 4.83. The van der Waals surface area contributed by atoms with Gasteiger partial charge in [0.2, 0.25) is 5.95 Å². The van der Waals surface area contributed by atoms with Crippen LogP contribution in [-0.4, -0.2) is 9.55 Å². The minimum Gasteiger partial charge on any atom is -0.369 e. The fourth-order valence-corrected chi connectivity index (χ4v) is 2.66. The zero-order valence-corrected chi connectivity index (χ0v) is 11.9. The Morgan fingerprint density at radius 1 is 1.24 bits per heavy atom. The van der Waals surface area contributed by atoms with E-state index in [-0.39, 0.29) is 17.5 Å². The maximum Gasteiger partial charge on any atom is 0.201 e. The molecule has 0 radical (unpaired) electrons. The molecule has 3 rings (SSSR count). The van der Waals surface area contributed by atoms with Gasteiger partial charge in [-0.15, -0.1) is 0 Å². The second-order valence-corrected chi connectivity index (χ2v) is 5.26. The molecule has 0 spiro atoms. The number of aromatic nitrogens is 2. The third-order valence-electron chi connectivity index (χ3n) is 3.46. The van der Waals surface area contributed by atoms with Crippen molar-refractivity contribution in [3.8, 4) is 0 Å². The highest BCUT2D eigenvalue weighted by atomic mass is 35.5. The van der Waals surface area contributed by atoms with Crippen LogP contribution in [0, 0.1) is 11.6 Å². The van der Waals surface area contributed by atoms with Gasteiger partial charge >= 0.3 is 0 Å². The van der Waals surface area contributed by atoms with Gasteiger partial charge in [0.05, 0.1) is 11.6 Å². The first-order valence-corrected chi connectivity index (χ1v) is 6.73. The zero-order chi connectivity index (χ0) is 15.1. The summed E-state index contributed by atoms with van der Waals surface area (Å²) >= 11 is 5.98. The number of hydrogen-bond donors (Lipinski definition) is 1. The molecule has 3 aromatic rings.